The first-order valence-corrected chi connectivity index (χ1v) is 9.75. The number of hydrogen-bond acceptors (Lipinski definition) is 9. The molecule has 3 aromatic rings. The maximum Gasteiger partial charge on any atom is 0.270 e. The monoisotopic (exact) mass is 446 g/mol. The van der Waals surface area contributed by atoms with Crippen LogP contribution >= 0.6 is 0 Å². The lowest BCUT2D eigenvalue weighted by Gasteiger charge is -2.39. The molecule has 4 rings (SSSR count). The van der Waals surface area contributed by atoms with Crippen LogP contribution in [0.1, 0.15) is 0 Å². The van der Waals surface area contributed by atoms with Gasteiger partial charge in [0.15, 0.2) is 11.5 Å². The van der Waals surface area contributed by atoms with Crippen molar-refractivity contribution in [3.05, 3.63) is 58.8 Å². The predicted molar refractivity (Wildman–Crippen MR) is 111 cm³/mol. The third kappa shape index (κ3) is 3.87. The summed E-state index contributed by atoms with van der Waals surface area (Å²) in [5.41, 5.74) is 1.43. The van der Waals surface area contributed by atoms with Crippen molar-refractivity contribution < 1.29 is 39.6 Å². The van der Waals surface area contributed by atoms with Gasteiger partial charge in [-0.15, -0.1) is 0 Å². The number of hydrogen-bond donors (Lipinski definition) is 4. The third-order valence-electron chi connectivity index (χ3n) is 5.40. The second kappa shape index (κ2) is 8.73. The number of rotatable bonds is 6. The van der Waals surface area contributed by atoms with Crippen LogP contribution in [-0.2, 0) is 4.74 Å². The van der Waals surface area contributed by atoms with Crippen molar-refractivity contribution in [2.75, 3.05) is 13.7 Å². The van der Waals surface area contributed by atoms with Crippen molar-refractivity contribution in [2.24, 2.45) is 0 Å². The number of aliphatic hydroxyl groups is 4. The highest BCUT2D eigenvalue weighted by atomic mass is 16.7. The van der Waals surface area contributed by atoms with Crippen LogP contribution in [0, 0.1) is 10.1 Å². The molecule has 1 aromatic heterocycles. The Bertz CT molecular complexity index is 1130. The Morgan fingerprint density at radius 3 is 2.53 bits per heavy atom. The van der Waals surface area contributed by atoms with Crippen molar-refractivity contribution in [1.82, 2.24) is 4.57 Å². The van der Waals surface area contributed by atoms with E-state index in [2.05, 4.69) is 0 Å². The molecule has 2 aromatic carbocycles. The van der Waals surface area contributed by atoms with Crippen molar-refractivity contribution >= 4 is 16.6 Å². The van der Waals surface area contributed by atoms with Gasteiger partial charge in [-0.1, -0.05) is 0 Å². The fourth-order valence-corrected chi connectivity index (χ4v) is 3.66. The normalized spacial score (nSPS) is 25.6. The third-order valence-corrected chi connectivity index (χ3v) is 5.40. The largest absolute Gasteiger partial charge is 0.493 e. The summed E-state index contributed by atoms with van der Waals surface area (Å²) in [6, 6.07) is 11.3. The summed E-state index contributed by atoms with van der Waals surface area (Å²) in [6.45, 7) is -0.570. The van der Waals surface area contributed by atoms with E-state index in [1.165, 1.54) is 19.2 Å². The number of methoxy groups -OCH3 is 1. The molecule has 1 aliphatic heterocycles. The number of ether oxygens (including phenoxy) is 3. The van der Waals surface area contributed by atoms with E-state index in [0.717, 1.165) is 5.52 Å². The maximum atomic E-state index is 11.0. The summed E-state index contributed by atoms with van der Waals surface area (Å²) in [5.74, 6) is 0.496. The quantitative estimate of drug-likeness (QED) is 0.316. The van der Waals surface area contributed by atoms with Crippen LogP contribution < -0.4 is 9.47 Å². The molecule has 170 valence electrons. The van der Waals surface area contributed by atoms with Crippen molar-refractivity contribution in [3.63, 3.8) is 0 Å². The molecule has 0 spiro atoms. The highest BCUT2D eigenvalue weighted by Gasteiger charge is 2.44. The zero-order valence-electron chi connectivity index (χ0n) is 16.9. The number of nitrogens with zero attached hydrogens (tertiary/aromatic N) is 2. The van der Waals surface area contributed by atoms with Crippen LogP contribution in [0.5, 0.6) is 11.5 Å². The van der Waals surface area contributed by atoms with Crippen molar-refractivity contribution in [3.8, 4) is 17.2 Å². The van der Waals surface area contributed by atoms with E-state index in [1.54, 1.807) is 36.5 Å². The number of nitro benzene ring substituents is 1. The zero-order chi connectivity index (χ0) is 23.0. The molecule has 1 saturated heterocycles. The van der Waals surface area contributed by atoms with E-state index in [-0.39, 0.29) is 11.4 Å². The Kier molecular flexibility index (Phi) is 6.00. The first kappa shape index (κ1) is 22.0. The van der Waals surface area contributed by atoms with Gasteiger partial charge in [0, 0.05) is 35.5 Å². The Hall–Kier alpha value is -3.22. The van der Waals surface area contributed by atoms with Crippen LogP contribution in [0.4, 0.5) is 5.69 Å². The molecule has 11 heteroatoms. The van der Waals surface area contributed by atoms with Crippen LogP contribution in [0.15, 0.2) is 48.7 Å². The molecular formula is C21H22N2O9. The van der Waals surface area contributed by atoms with E-state index in [4.69, 9.17) is 14.2 Å². The lowest BCUT2D eigenvalue weighted by atomic mass is 9.99. The van der Waals surface area contributed by atoms with Crippen molar-refractivity contribution in [2.45, 2.75) is 30.7 Å². The van der Waals surface area contributed by atoms with E-state index < -0.39 is 42.2 Å². The number of non-ortho nitro benzene ring substituents is 1. The first-order valence-electron chi connectivity index (χ1n) is 9.75. The second-order valence-electron chi connectivity index (χ2n) is 7.34. The van der Waals surface area contributed by atoms with E-state index in [1.807, 2.05) is 4.57 Å². The summed E-state index contributed by atoms with van der Waals surface area (Å²) in [7, 11) is 1.43. The molecule has 5 atom stereocenters. The van der Waals surface area contributed by atoms with Gasteiger partial charge in [-0.2, -0.15) is 0 Å². The maximum absolute atomic E-state index is 11.0. The van der Waals surface area contributed by atoms with Crippen LogP contribution in [0.2, 0.25) is 0 Å². The molecule has 0 saturated carbocycles. The minimum Gasteiger partial charge on any atom is -0.493 e. The smallest absolute Gasteiger partial charge is 0.270 e. The molecule has 0 bridgehead atoms. The number of aromatic nitrogens is 1. The standard InChI is InChI=1S/C21H22N2O9/c1-30-16-9-12(22-7-6-11-8-13(23(28)29)2-4-14(11)22)3-5-15(16)31-21-20(27)19(26)18(25)17(10-24)32-21/h2-9,17-21,24-27H,10H2,1H3/t17?,18-,19?,20-,21+/m1/s1. The van der Waals surface area contributed by atoms with Crippen LogP contribution in [0.3, 0.4) is 0 Å². The molecule has 1 fully saturated rings. The summed E-state index contributed by atoms with van der Waals surface area (Å²) in [4.78, 5) is 10.6. The molecule has 0 aliphatic carbocycles. The van der Waals surface area contributed by atoms with Gasteiger partial charge in [-0.25, -0.2) is 0 Å². The van der Waals surface area contributed by atoms with Gasteiger partial charge < -0.3 is 39.2 Å². The van der Waals surface area contributed by atoms with Gasteiger partial charge in [0.2, 0.25) is 6.29 Å². The van der Waals surface area contributed by atoms with Crippen LogP contribution in [-0.4, -0.2) is 74.3 Å². The van der Waals surface area contributed by atoms with Gasteiger partial charge in [0.25, 0.3) is 5.69 Å². The summed E-state index contributed by atoms with van der Waals surface area (Å²) < 4.78 is 18.3. The summed E-state index contributed by atoms with van der Waals surface area (Å²) in [5, 5.41) is 51.1. The molecule has 0 amide bonds. The highest BCUT2D eigenvalue weighted by Crippen LogP contribution is 2.34. The first-order chi connectivity index (χ1) is 15.3. The second-order valence-corrected chi connectivity index (χ2v) is 7.34. The van der Waals surface area contributed by atoms with Gasteiger partial charge in [0.1, 0.15) is 24.4 Å². The Balaban J connectivity index is 1.63. The van der Waals surface area contributed by atoms with Crippen LogP contribution in [0.25, 0.3) is 16.6 Å². The molecule has 11 nitrogen and oxygen atoms in total. The fourth-order valence-electron chi connectivity index (χ4n) is 3.66. The topological polar surface area (TPSA) is 157 Å². The molecule has 2 unspecified atom stereocenters. The predicted octanol–water partition coefficient (Wildman–Crippen LogP) is 0.726. The Labute approximate surface area is 181 Å². The summed E-state index contributed by atoms with van der Waals surface area (Å²) >= 11 is 0. The molecule has 0 radical (unpaired) electrons. The van der Waals surface area contributed by atoms with E-state index in [9.17, 15) is 30.5 Å². The molecule has 1 aliphatic rings. The molecular weight excluding hydrogens is 424 g/mol. The fraction of sp³-hybridized carbons (Fsp3) is 0.333. The van der Waals surface area contributed by atoms with Gasteiger partial charge in [-0.05, 0) is 24.3 Å². The molecule has 32 heavy (non-hydrogen) atoms. The zero-order valence-corrected chi connectivity index (χ0v) is 16.9. The number of aliphatic hydroxyl groups excluding tert-OH is 4. The van der Waals surface area contributed by atoms with Gasteiger partial charge in [-0.3, -0.25) is 10.1 Å². The van der Waals surface area contributed by atoms with E-state index in [0.29, 0.717) is 16.8 Å². The minimum absolute atomic E-state index is 0.00360. The average Bonchev–Trinajstić information content (AvgIpc) is 3.22. The lowest BCUT2D eigenvalue weighted by Crippen LogP contribution is -2.60. The Morgan fingerprint density at radius 1 is 1.06 bits per heavy atom. The number of nitro groups is 1. The molecule has 4 N–H and O–H groups in total. The number of benzene rings is 2. The number of fused-ring (bicyclic) bond motifs is 1. The minimum atomic E-state index is -1.56. The van der Waals surface area contributed by atoms with Crippen molar-refractivity contribution in [1.29, 1.82) is 0 Å². The van der Waals surface area contributed by atoms with Gasteiger partial charge >= 0.3 is 0 Å². The summed E-state index contributed by atoms with van der Waals surface area (Å²) in [6.07, 6.45) is -5.29. The highest BCUT2D eigenvalue weighted by molar-refractivity contribution is 5.84. The van der Waals surface area contributed by atoms with Gasteiger partial charge in [0.05, 0.1) is 24.2 Å². The SMILES string of the molecule is COc1cc(-n2ccc3cc([N+](=O)[O-])ccc32)ccc1O[C@H]1OC(CO)[C@@H](O)C(O)[C@H]1O. The lowest BCUT2D eigenvalue weighted by molar-refractivity contribution is -0.384. The van der Waals surface area contributed by atoms with E-state index >= 15 is 0 Å². The average molecular weight is 446 g/mol. The molecule has 2 heterocycles. The Morgan fingerprint density at radius 2 is 1.84 bits per heavy atom.